The van der Waals surface area contributed by atoms with Crippen molar-refractivity contribution in [2.75, 3.05) is 7.05 Å². The van der Waals surface area contributed by atoms with Crippen LogP contribution in [0.25, 0.3) is 0 Å². The van der Waals surface area contributed by atoms with E-state index in [1.807, 2.05) is 49.4 Å². The van der Waals surface area contributed by atoms with Crippen LogP contribution < -0.4 is 4.74 Å². The van der Waals surface area contributed by atoms with Gasteiger partial charge in [-0.15, -0.1) is 0 Å². The van der Waals surface area contributed by atoms with E-state index in [2.05, 4.69) is 0 Å². The van der Waals surface area contributed by atoms with Gasteiger partial charge in [-0.3, -0.25) is 0 Å². The first-order valence-corrected chi connectivity index (χ1v) is 6.19. The van der Waals surface area contributed by atoms with Crippen LogP contribution in [-0.4, -0.2) is 18.0 Å². The molecule has 0 aliphatic rings. The van der Waals surface area contributed by atoms with Gasteiger partial charge in [0, 0.05) is 13.6 Å². The van der Waals surface area contributed by atoms with Crippen molar-refractivity contribution in [3.8, 4) is 5.75 Å². The summed E-state index contributed by atoms with van der Waals surface area (Å²) in [6, 6.07) is 17.1. The van der Waals surface area contributed by atoms with E-state index < -0.39 is 0 Å². The van der Waals surface area contributed by atoms with Crippen molar-refractivity contribution in [1.29, 1.82) is 0 Å². The van der Waals surface area contributed by atoms with Gasteiger partial charge in [-0.1, -0.05) is 42.5 Å². The average molecular weight is 255 g/mol. The lowest BCUT2D eigenvalue weighted by Gasteiger charge is -2.18. The minimum atomic E-state index is -0.352. The fourth-order valence-electron chi connectivity index (χ4n) is 1.77. The molecule has 0 bridgehead atoms. The van der Waals surface area contributed by atoms with Gasteiger partial charge >= 0.3 is 6.09 Å². The maximum Gasteiger partial charge on any atom is 0.415 e. The van der Waals surface area contributed by atoms with E-state index in [0.29, 0.717) is 12.3 Å². The van der Waals surface area contributed by atoms with E-state index in [9.17, 15) is 4.79 Å². The molecular weight excluding hydrogens is 238 g/mol. The van der Waals surface area contributed by atoms with E-state index in [4.69, 9.17) is 4.74 Å². The number of ether oxygens (including phenoxy) is 1. The van der Waals surface area contributed by atoms with E-state index in [1.54, 1.807) is 24.1 Å². The third kappa shape index (κ3) is 3.58. The fourth-order valence-corrected chi connectivity index (χ4v) is 1.77. The molecular formula is C16H17NO2. The van der Waals surface area contributed by atoms with Crippen LogP contribution in [-0.2, 0) is 6.54 Å². The van der Waals surface area contributed by atoms with Crippen LogP contribution in [0.15, 0.2) is 54.6 Å². The van der Waals surface area contributed by atoms with Gasteiger partial charge in [-0.2, -0.15) is 0 Å². The Morgan fingerprint density at radius 2 is 1.68 bits per heavy atom. The van der Waals surface area contributed by atoms with Gasteiger partial charge in [0.2, 0.25) is 0 Å². The Kier molecular flexibility index (Phi) is 4.18. The lowest BCUT2D eigenvalue weighted by molar-refractivity contribution is 0.160. The Balaban J connectivity index is 1.98. The molecule has 0 spiro atoms. The summed E-state index contributed by atoms with van der Waals surface area (Å²) in [4.78, 5) is 13.5. The highest BCUT2D eigenvalue weighted by Gasteiger charge is 2.12. The number of benzene rings is 2. The van der Waals surface area contributed by atoms with Crippen molar-refractivity contribution in [1.82, 2.24) is 4.90 Å². The number of hydrogen-bond donors (Lipinski definition) is 0. The quantitative estimate of drug-likeness (QED) is 0.838. The van der Waals surface area contributed by atoms with Crippen LogP contribution in [0.1, 0.15) is 11.1 Å². The predicted molar refractivity (Wildman–Crippen MR) is 75.1 cm³/mol. The van der Waals surface area contributed by atoms with Crippen molar-refractivity contribution in [2.45, 2.75) is 13.5 Å². The second kappa shape index (κ2) is 6.05. The zero-order chi connectivity index (χ0) is 13.7. The number of amides is 1. The standard InChI is InChI=1S/C16H17NO2/c1-13-8-6-7-9-14(13)12-17(2)16(18)19-15-10-4-3-5-11-15/h3-11H,12H2,1-2H3. The van der Waals surface area contributed by atoms with Crippen LogP contribution in [0.3, 0.4) is 0 Å². The highest BCUT2D eigenvalue weighted by molar-refractivity contribution is 5.70. The number of rotatable bonds is 3. The molecule has 0 saturated carbocycles. The zero-order valence-electron chi connectivity index (χ0n) is 11.2. The third-order valence-corrected chi connectivity index (χ3v) is 2.93. The molecule has 0 fully saturated rings. The zero-order valence-corrected chi connectivity index (χ0v) is 11.2. The Bertz CT molecular complexity index is 552. The summed E-state index contributed by atoms with van der Waals surface area (Å²) in [7, 11) is 1.73. The number of para-hydroxylation sites is 1. The molecule has 98 valence electrons. The molecule has 3 heteroatoms. The van der Waals surface area contributed by atoms with Crippen molar-refractivity contribution >= 4 is 6.09 Å². The normalized spacial score (nSPS) is 10.0. The Labute approximate surface area is 113 Å². The van der Waals surface area contributed by atoms with Gasteiger partial charge in [-0.25, -0.2) is 4.79 Å². The maximum absolute atomic E-state index is 11.9. The van der Waals surface area contributed by atoms with Crippen LogP contribution in [0.5, 0.6) is 5.75 Å². The largest absolute Gasteiger partial charge is 0.415 e. The Hall–Kier alpha value is -2.29. The van der Waals surface area contributed by atoms with E-state index in [-0.39, 0.29) is 6.09 Å². The van der Waals surface area contributed by atoms with Gasteiger partial charge in [0.25, 0.3) is 0 Å². The lowest BCUT2D eigenvalue weighted by atomic mass is 10.1. The third-order valence-electron chi connectivity index (χ3n) is 2.93. The summed E-state index contributed by atoms with van der Waals surface area (Å²) < 4.78 is 5.28. The van der Waals surface area contributed by atoms with Crippen molar-refractivity contribution in [3.63, 3.8) is 0 Å². The molecule has 0 unspecified atom stereocenters. The van der Waals surface area contributed by atoms with E-state index >= 15 is 0 Å². The molecule has 0 heterocycles. The smallest absolute Gasteiger partial charge is 0.410 e. The molecule has 0 saturated heterocycles. The number of carbonyl (C=O) groups excluding carboxylic acids is 1. The molecule has 2 aromatic carbocycles. The number of carbonyl (C=O) groups is 1. The van der Waals surface area contributed by atoms with Crippen molar-refractivity contribution < 1.29 is 9.53 Å². The van der Waals surface area contributed by atoms with Crippen LogP contribution in [0, 0.1) is 6.92 Å². The molecule has 0 aromatic heterocycles. The summed E-state index contributed by atoms with van der Waals surface area (Å²) in [6.07, 6.45) is -0.352. The first-order chi connectivity index (χ1) is 9.16. The van der Waals surface area contributed by atoms with E-state index in [0.717, 1.165) is 5.56 Å². The van der Waals surface area contributed by atoms with Gasteiger partial charge < -0.3 is 9.64 Å². The molecule has 1 amide bonds. The molecule has 0 N–H and O–H groups in total. The highest BCUT2D eigenvalue weighted by atomic mass is 16.6. The summed E-state index contributed by atoms with van der Waals surface area (Å²) in [5.74, 6) is 0.559. The molecule has 3 nitrogen and oxygen atoms in total. The molecule has 0 radical (unpaired) electrons. The molecule has 2 rings (SSSR count). The molecule has 19 heavy (non-hydrogen) atoms. The number of nitrogens with zero attached hydrogens (tertiary/aromatic N) is 1. The summed E-state index contributed by atoms with van der Waals surface area (Å²) in [6.45, 7) is 2.57. The number of hydrogen-bond acceptors (Lipinski definition) is 2. The minimum absolute atomic E-state index is 0.352. The second-order valence-electron chi connectivity index (χ2n) is 4.46. The van der Waals surface area contributed by atoms with Crippen molar-refractivity contribution in [3.05, 3.63) is 65.7 Å². The second-order valence-corrected chi connectivity index (χ2v) is 4.46. The Morgan fingerprint density at radius 3 is 2.37 bits per heavy atom. The van der Waals surface area contributed by atoms with Crippen LogP contribution in [0.2, 0.25) is 0 Å². The maximum atomic E-state index is 11.9. The average Bonchev–Trinajstić information content (AvgIpc) is 2.42. The van der Waals surface area contributed by atoms with Gasteiger partial charge in [-0.05, 0) is 30.2 Å². The lowest BCUT2D eigenvalue weighted by Crippen LogP contribution is -2.29. The SMILES string of the molecule is Cc1ccccc1CN(C)C(=O)Oc1ccccc1. The van der Waals surface area contributed by atoms with Crippen LogP contribution in [0.4, 0.5) is 4.79 Å². The van der Waals surface area contributed by atoms with Gasteiger partial charge in [0.05, 0.1) is 0 Å². The fraction of sp³-hybridized carbons (Fsp3) is 0.188. The predicted octanol–water partition coefficient (Wildman–Crippen LogP) is 3.63. The van der Waals surface area contributed by atoms with Gasteiger partial charge in [0.1, 0.15) is 5.75 Å². The van der Waals surface area contributed by atoms with Crippen LogP contribution >= 0.6 is 0 Å². The number of aryl methyl sites for hydroxylation is 1. The monoisotopic (exact) mass is 255 g/mol. The summed E-state index contributed by atoms with van der Waals surface area (Å²) in [5, 5.41) is 0. The summed E-state index contributed by atoms with van der Waals surface area (Å²) >= 11 is 0. The van der Waals surface area contributed by atoms with E-state index in [1.165, 1.54) is 5.56 Å². The highest BCUT2D eigenvalue weighted by Crippen LogP contribution is 2.13. The van der Waals surface area contributed by atoms with Gasteiger partial charge in [0.15, 0.2) is 0 Å². The molecule has 2 aromatic rings. The minimum Gasteiger partial charge on any atom is -0.410 e. The first kappa shape index (κ1) is 13.1. The topological polar surface area (TPSA) is 29.5 Å². The van der Waals surface area contributed by atoms with Crippen molar-refractivity contribution in [2.24, 2.45) is 0 Å². The molecule has 0 aliphatic heterocycles. The first-order valence-electron chi connectivity index (χ1n) is 6.19. The molecule has 0 atom stereocenters. The summed E-state index contributed by atoms with van der Waals surface area (Å²) in [5.41, 5.74) is 2.29. The Morgan fingerprint density at radius 1 is 1.05 bits per heavy atom. The molecule has 0 aliphatic carbocycles.